The number of benzene rings is 1. The standard InChI is InChI=1S/C17H19F2N3O3/c1-10(9-23-2)22-7-6-13-12(8-22)15(21-20-13)11-4-3-5-14-16(11)25-17(18,19)24-14/h3-5,10H,6-9H2,1-2H3,(H,20,21)/t10-/m0/s1. The second-order valence-corrected chi connectivity index (χ2v) is 6.35. The zero-order chi connectivity index (χ0) is 17.6. The molecule has 0 bridgehead atoms. The van der Waals surface area contributed by atoms with E-state index in [1.807, 2.05) is 0 Å². The molecule has 25 heavy (non-hydrogen) atoms. The minimum absolute atomic E-state index is 0.0275. The van der Waals surface area contributed by atoms with E-state index in [4.69, 9.17) is 9.47 Å². The van der Waals surface area contributed by atoms with Gasteiger partial charge in [0, 0.05) is 49.5 Å². The highest BCUT2D eigenvalue weighted by molar-refractivity contribution is 5.74. The van der Waals surface area contributed by atoms with Crippen molar-refractivity contribution in [2.75, 3.05) is 20.3 Å². The molecular weight excluding hydrogens is 332 g/mol. The van der Waals surface area contributed by atoms with Crippen molar-refractivity contribution in [3.63, 3.8) is 0 Å². The van der Waals surface area contributed by atoms with Crippen molar-refractivity contribution in [2.24, 2.45) is 0 Å². The fourth-order valence-corrected chi connectivity index (χ4v) is 3.42. The quantitative estimate of drug-likeness (QED) is 0.918. The van der Waals surface area contributed by atoms with Crippen LogP contribution in [0.5, 0.6) is 11.5 Å². The number of nitrogens with zero attached hydrogens (tertiary/aromatic N) is 2. The van der Waals surface area contributed by atoms with Gasteiger partial charge in [-0.05, 0) is 19.1 Å². The Balaban J connectivity index is 1.69. The van der Waals surface area contributed by atoms with Crippen molar-refractivity contribution in [2.45, 2.75) is 32.2 Å². The third kappa shape index (κ3) is 2.85. The molecule has 2 aliphatic rings. The first kappa shape index (κ1) is 16.3. The van der Waals surface area contributed by atoms with Gasteiger partial charge in [-0.1, -0.05) is 6.07 Å². The van der Waals surface area contributed by atoms with Gasteiger partial charge in [0.1, 0.15) is 5.69 Å². The minimum atomic E-state index is -3.65. The van der Waals surface area contributed by atoms with E-state index in [1.54, 1.807) is 19.2 Å². The molecule has 2 aromatic rings. The lowest BCUT2D eigenvalue weighted by Crippen LogP contribution is -2.39. The molecule has 0 amide bonds. The average molecular weight is 351 g/mol. The number of rotatable bonds is 4. The maximum Gasteiger partial charge on any atom is 0.586 e. The second-order valence-electron chi connectivity index (χ2n) is 6.35. The van der Waals surface area contributed by atoms with Gasteiger partial charge in [0.05, 0.1) is 6.61 Å². The summed E-state index contributed by atoms with van der Waals surface area (Å²) in [4.78, 5) is 2.29. The number of halogens is 2. The number of alkyl halides is 2. The summed E-state index contributed by atoms with van der Waals surface area (Å²) >= 11 is 0. The zero-order valence-electron chi connectivity index (χ0n) is 14.0. The van der Waals surface area contributed by atoms with E-state index in [1.165, 1.54) is 6.07 Å². The Hall–Kier alpha value is -2.19. The lowest BCUT2D eigenvalue weighted by molar-refractivity contribution is -0.286. The van der Waals surface area contributed by atoms with Crippen LogP contribution in [0, 0.1) is 0 Å². The van der Waals surface area contributed by atoms with E-state index in [0.717, 1.165) is 24.2 Å². The minimum Gasteiger partial charge on any atom is -0.395 e. The highest BCUT2D eigenvalue weighted by Gasteiger charge is 2.45. The second kappa shape index (κ2) is 5.96. The van der Waals surface area contributed by atoms with E-state index in [-0.39, 0.29) is 17.5 Å². The van der Waals surface area contributed by atoms with Crippen LogP contribution in [0.1, 0.15) is 18.2 Å². The third-order valence-electron chi connectivity index (χ3n) is 4.68. The van der Waals surface area contributed by atoms with E-state index in [9.17, 15) is 8.78 Å². The molecule has 1 N–H and O–H groups in total. The third-order valence-corrected chi connectivity index (χ3v) is 4.68. The molecule has 0 unspecified atom stereocenters. The van der Waals surface area contributed by atoms with Crippen LogP contribution in [0.25, 0.3) is 11.3 Å². The van der Waals surface area contributed by atoms with Gasteiger partial charge < -0.3 is 14.2 Å². The first-order valence-electron chi connectivity index (χ1n) is 8.17. The van der Waals surface area contributed by atoms with Crippen LogP contribution in [0.15, 0.2) is 18.2 Å². The van der Waals surface area contributed by atoms with Gasteiger partial charge in [-0.2, -0.15) is 5.10 Å². The summed E-state index contributed by atoms with van der Waals surface area (Å²) in [5, 5.41) is 7.41. The Morgan fingerprint density at radius 1 is 1.40 bits per heavy atom. The number of aromatic nitrogens is 2. The van der Waals surface area contributed by atoms with E-state index in [2.05, 4.69) is 26.8 Å². The fraction of sp³-hybridized carbons (Fsp3) is 0.471. The zero-order valence-corrected chi connectivity index (χ0v) is 14.0. The molecule has 1 aromatic carbocycles. The van der Waals surface area contributed by atoms with Gasteiger partial charge in [0.2, 0.25) is 0 Å². The van der Waals surface area contributed by atoms with E-state index in [0.29, 0.717) is 24.4 Å². The smallest absolute Gasteiger partial charge is 0.395 e. The lowest BCUT2D eigenvalue weighted by Gasteiger charge is -2.32. The summed E-state index contributed by atoms with van der Waals surface area (Å²) in [6, 6.07) is 5.10. The van der Waals surface area contributed by atoms with Gasteiger partial charge in [0.15, 0.2) is 11.5 Å². The van der Waals surface area contributed by atoms with Crippen LogP contribution in [-0.4, -0.2) is 47.7 Å². The number of ether oxygens (including phenoxy) is 3. The number of methoxy groups -OCH3 is 1. The maximum atomic E-state index is 13.5. The Labute approximate surface area is 143 Å². The van der Waals surface area contributed by atoms with Gasteiger partial charge in [0.25, 0.3) is 0 Å². The number of hydrogen-bond acceptors (Lipinski definition) is 5. The highest BCUT2D eigenvalue weighted by atomic mass is 19.3. The number of nitrogens with one attached hydrogen (secondary N) is 1. The number of para-hydroxylation sites is 1. The van der Waals surface area contributed by atoms with Crippen LogP contribution in [0.4, 0.5) is 8.78 Å². The first-order chi connectivity index (χ1) is 12.0. The molecule has 134 valence electrons. The van der Waals surface area contributed by atoms with Crippen molar-refractivity contribution in [1.29, 1.82) is 0 Å². The van der Waals surface area contributed by atoms with E-state index >= 15 is 0 Å². The molecule has 3 heterocycles. The number of aromatic amines is 1. The Bertz CT molecular complexity index is 793. The van der Waals surface area contributed by atoms with Crippen LogP contribution >= 0.6 is 0 Å². The SMILES string of the molecule is COC[C@H](C)N1CCc2[nH]nc(-c3cccc4c3OC(F)(F)O4)c2C1. The Morgan fingerprint density at radius 2 is 2.24 bits per heavy atom. The Morgan fingerprint density at radius 3 is 3.04 bits per heavy atom. The lowest BCUT2D eigenvalue weighted by atomic mass is 9.99. The maximum absolute atomic E-state index is 13.5. The van der Waals surface area contributed by atoms with Crippen LogP contribution < -0.4 is 9.47 Å². The number of fused-ring (bicyclic) bond motifs is 2. The molecule has 0 saturated carbocycles. The largest absolute Gasteiger partial charge is 0.586 e. The number of hydrogen-bond donors (Lipinski definition) is 1. The van der Waals surface area contributed by atoms with Gasteiger partial charge in [-0.25, -0.2) is 0 Å². The molecule has 2 aliphatic heterocycles. The summed E-state index contributed by atoms with van der Waals surface area (Å²) in [7, 11) is 1.68. The van der Waals surface area contributed by atoms with Crippen LogP contribution in [0.2, 0.25) is 0 Å². The molecule has 8 heteroatoms. The van der Waals surface area contributed by atoms with Gasteiger partial charge >= 0.3 is 6.29 Å². The van der Waals surface area contributed by atoms with Crippen molar-refractivity contribution in [1.82, 2.24) is 15.1 Å². The van der Waals surface area contributed by atoms with Crippen LogP contribution in [-0.2, 0) is 17.7 Å². The van der Waals surface area contributed by atoms with Gasteiger partial charge in [-0.15, -0.1) is 8.78 Å². The molecule has 0 aliphatic carbocycles. The molecule has 1 atom stereocenters. The molecule has 0 saturated heterocycles. The fourth-order valence-electron chi connectivity index (χ4n) is 3.42. The normalized spacial score (nSPS) is 19.7. The van der Waals surface area contributed by atoms with Crippen molar-refractivity contribution in [3.8, 4) is 22.8 Å². The van der Waals surface area contributed by atoms with Crippen molar-refractivity contribution in [3.05, 3.63) is 29.5 Å². The highest BCUT2D eigenvalue weighted by Crippen LogP contribution is 2.47. The summed E-state index contributed by atoms with van der Waals surface area (Å²) in [5.41, 5.74) is 3.16. The molecule has 4 rings (SSSR count). The van der Waals surface area contributed by atoms with Crippen LogP contribution in [0.3, 0.4) is 0 Å². The molecular formula is C17H19F2N3O3. The predicted octanol–water partition coefficient (Wildman–Crippen LogP) is 2.79. The average Bonchev–Trinajstić information content (AvgIpc) is 3.13. The van der Waals surface area contributed by atoms with Gasteiger partial charge in [-0.3, -0.25) is 10.00 Å². The monoisotopic (exact) mass is 351 g/mol. The molecule has 1 aromatic heterocycles. The van der Waals surface area contributed by atoms with Crippen molar-refractivity contribution < 1.29 is 23.0 Å². The summed E-state index contributed by atoms with van der Waals surface area (Å²) in [6.07, 6.45) is -2.83. The Kier molecular flexibility index (Phi) is 3.88. The summed E-state index contributed by atoms with van der Waals surface area (Å²) in [6.45, 7) is 4.30. The number of H-pyrrole nitrogens is 1. The molecule has 6 nitrogen and oxygen atoms in total. The van der Waals surface area contributed by atoms with E-state index < -0.39 is 6.29 Å². The summed E-state index contributed by atoms with van der Waals surface area (Å²) in [5.74, 6) is 0.0588. The topological polar surface area (TPSA) is 59.6 Å². The van der Waals surface area contributed by atoms with Crippen molar-refractivity contribution >= 4 is 0 Å². The molecule has 0 radical (unpaired) electrons. The summed E-state index contributed by atoms with van der Waals surface area (Å²) < 4.78 is 41.4. The first-order valence-corrected chi connectivity index (χ1v) is 8.17. The molecule has 0 fully saturated rings. The molecule has 0 spiro atoms. The predicted molar refractivity (Wildman–Crippen MR) is 85.7 cm³/mol.